The van der Waals surface area contributed by atoms with Crippen molar-refractivity contribution in [2.75, 3.05) is 46.3 Å². The SMILES string of the molecule is CCN(CC)CCCCNC(=NC)NC1CCN(Cc2ccc(C(F)(F)F)cc2)C1. The van der Waals surface area contributed by atoms with E-state index in [9.17, 15) is 13.2 Å². The van der Waals surface area contributed by atoms with Crippen molar-refractivity contribution in [1.29, 1.82) is 0 Å². The zero-order valence-corrected chi connectivity index (χ0v) is 18.4. The summed E-state index contributed by atoms with van der Waals surface area (Å²) in [5.41, 5.74) is 0.304. The van der Waals surface area contributed by atoms with Crippen LogP contribution in [0.4, 0.5) is 13.2 Å². The van der Waals surface area contributed by atoms with Crippen LogP contribution in [0, 0.1) is 0 Å². The minimum Gasteiger partial charge on any atom is -0.356 e. The van der Waals surface area contributed by atoms with Gasteiger partial charge in [-0.1, -0.05) is 26.0 Å². The molecule has 1 aromatic carbocycles. The van der Waals surface area contributed by atoms with Crippen LogP contribution in [0.25, 0.3) is 0 Å². The van der Waals surface area contributed by atoms with Crippen molar-refractivity contribution < 1.29 is 13.2 Å². The second-order valence-corrected chi connectivity index (χ2v) is 7.79. The van der Waals surface area contributed by atoms with Crippen molar-refractivity contribution in [2.45, 2.75) is 51.9 Å². The van der Waals surface area contributed by atoms with Gasteiger partial charge in [-0.05, 0) is 56.6 Å². The number of nitrogens with zero attached hydrogens (tertiary/aromatic N) is 3. The van der Waals surface area contributed by atoms with Crippen LogP contribution < -0.4 is 10.6 Å². The van der Waals surface area contributed by atoms with E-state index in [1.165, 1.54) is 0 Å². The third-order valence-corrected chi connectivity index (χ3v) is 5.61. The van der Waals surface area contributed by atoms with Crippen molar-refractivity contribution >= 4 is 5.96 Å². The Balaban J connectivity index is 1.69. The zero-order valence-electron chi connectivity index (χ0n) is 18.4. The molecule has 0 saturated carbocycles. The van der Waals surface area contributed by atoms with Gasteiger partial charge in [0.15, 0.2) is 5.96 Å². The zero-order chi connectivity index (χ0) is 22.0. The molecule has 2 rings (SSSR count). The molecule has 1 saturated heterocycles. The summed E-state index contributed by atoms with van der Waals surface area (Å²) in [4.78, 5) is 9.01. The predicted molar refractivity (Wildman–Crippen MR) is 117 cm³/mol. The first-order valence-corrected chi connectivity index (χ1v) is 10.9. The fourth-order valence-electron chi connectivity index (χ4n) is 3.75. The summed E-state index contributed by atoms with van der Waals surface area (Å²) in [6, 6.07) is 5.76. The third kappa shape index (κ3) is 8.14. The normalized spacial score (nSPS) is 18.2. The monoisotopic (exact) mass is 427 g/mol. The molecule has 0 aromatic heterocycles. The van der Waals surface area contributed by atoms with Gasteiger partial charge in [-0.25, -0.2) is 0 Å². The lowest BCUT2D eigenvalue weighted by atomic mass is 10.1. The van der Waals surface area contributed by atoms with Crippen molar-refractivity contribution in [3.63, 3.8) is 0 Å². The van der Waals surface area contributed by atoms with E-state index in [2.05, 4.69) is 39.3 Å². The average molecular weight is 428 g/mol. The molecule has 0 bridgehead atoms. The van der Waals surface area contributed by atoms with Crippen molar-refractivity contribution in [1.82, 2.24) is 20.4 Å². The summed E-state index contributed by atoms with van der Waals surface area (Å²) in [6.45, 7) is 11.0. The standard InChI is InChI=1S/C22H36F3N5/c1-4-29(5-2)14-7-6-13-27-21(26-3)28-20-12-15-30(17-20)16-18-8-10-19(11-9-18)22(23,24)25/h8-11,20H,4-7,12-17H2,1-3H3,(H2,26,27,28). The smallest absolute Gasteiger partial charge is 0.356 e. The third-order valence-electron chi connectivity index (χ3n) is 5.61. The molecular weight excluding hydrogens is 391 g/mol. The van der Waals surface area contributed by atoms with Crippen molar-refractivity contribution in [2.24, 2.45) is 4.99 Å². The van der Waals surface area contributed by atoms with Crippen LogP contribution in [0.15, 0.2) is 29.3 Å². The van der Waals surface area contributed by atoms with Gasteiger partial charge in [-0.3, -0.25) is 9.89 Å². The Hall–Kier alpha value is -1.80. The van der Waals surface area contributed by atoms with E-state index in [4.69, 9.17) is 0 Å². The summed E-state index contributed by atoms with van der Waals surface area (Å²) < 4.78 is 38.1. The number of rotatable bonds is 10. The Morgan fingerprint density at radius 2 is 1.87 bits per heavy atom. The number of halogens is 3. The number of nitrogens with one attached hydrogen (secondary N) is 2. The molecule has 8 heteroatoms. The molecule has 1 atom stereocenters. The second-order valence-electron chi connectivity index (χ2n) is 7.79. The Kier molecular flexibility index (Phi) is 9.91. The van der Waals surface area contributed by atoms with Crippen molar-refractivity contribution in [3.8, 4) is 0 Å². The molecule has 1 aliphatic rings. The summed E-state index contributed by atoms with van der Waals surface area (Å²) in [5.74, 6) is 0.819. The van der Waals surface area contributed by atoms with Gasteiger partial charge in [-0.15, -0.1) is 0 Å². The molecule has 1 fully saturated rings. The molecule has 0 amide bonds. The van der Waals surface area contributed by atoms with E-state index in [0.717, 1.165) is 82.2 Å². The van der Waals surface area contributed by atoms with Crippen LogP contribution >= 0.6 is 0 Å². The number of benzene rings is 1. The van der Waals surface area contributed by atoms with Crippen LogP contribution in [0.2, 0.25) is 0 Å². The minimum atomic E-state index is -4.28. The molecule has 0 radical (unpaired) electrons. The van der Waals surface area contributed by atoms with E-state index >= 15 is 0 Å². The molecule has 1 aliphatic heterocycles. The minimum absolute atomic E-state index is 0.293. The maximum atomic E-state index is 12.7. The fraction of sp³-hybridized carbons (Fsp3) is 0.682. The average Bonchev–Trinajstić information content (AvgIpc) is 3.16. The topological polar surface area (TPSA) is 42.9 Å². The largest absolute Gasteiger partial charge is 0.416 e. The van der Waals surface area contributed by atoms with Gasteiger partial charge in [-0.2, -0.15) is 13.2 Å². The fourth-order valence-corrected chi connectivity index (χ4v) is 3.75. The van der Waals surface area contributed by atoms with Gasteiger partial charge in [0, 0.05) is 39.3 Å². The second kappa shape index (κ2) is 12.2. The number of alkyl halides is 3. The van der Waals surface area contributed by atoms with E-state index < -0.39 is 11.7 Å². The number of likely N-dealkylation sites (tertiary alicyclic amines) is 1. The highest BCUT2D eigenvalue weighted by atomic mass is 19.4. The van der Waals surface area contributed by atoms with E-state index in [1.807, 2.05) is 0 Å². The first kappa shape index (κ1) is 24.5. The van der Waals surface area contributed by atoms with E-state index in [1.54, 1.807) is 19.2 Å². The molecule has 30 heavy (non-hydrogen) atoms. The first-order chi connectivity index (χ1) is 14.4. The van der Waals surface area contributed by atoms with Gasteiger partial charge >= 0.3 is 6.18 Å². The maximum Gasteiger partial charge on any atom is 0.416 e. The number of hydrogen-bond acceptors (Lipinski definition) is 3. The Labute approximate surface area is 178 Å². The molecule has 5 nitrogen and oxygen atoms in total. The van der Waals surface area contributed by atoms with Crippen LogP contribution in [0.3, 0.4) is 0 Å². The van der Waals surface area contributed by atoms with Gasteiger partial charge < -0.3 is 15.5 Å². The molecule has 1 heterocycles. The van der Waals surface area contributed by atoms with Gasteiger partial charge in [0.2, 0.25) is 0 Å². The van der Waals surface area contributed by atoms with Crippen molar-refractivity contribution in [3.05, 3.63) is 35.4 Å². The van der Waals surface area contributed by atoms with E-state index in [-0.39, 0.29) is 0 Å². The molecule has 0 spiro atoms. The van der Waals surface area contributed by atoms with Crippen LogP contribution in [0.5, 0.6) is 0 Å². The summed E-state index contributed by atoms with van der Waals surface area (Å²) in [7, 11) is 1.78. The van der Waals surface area contributed by atoms with Gasteiger partial charge in [0.05, 0.1) is 5.56 Å². The van der Waals surface area contributed by atoms with Crippen LogP contribution in [-0.4, -0.2) is 68.1 Å². The molecule has 1 unspecified atom stereocenters. The first-order valence-electron chi connectivity index (χ1n) is 10.9. The van der Waals surface area contributed by atoms with Crippen LogP contribution in [-0.2, 0) is 12.7 Å². The Bertz CT molecular complexity index is 641. The number of hydrogen-bond donors (Lipinski definition) is 2. The Morgan fingerprint density at radius 1 is 1.17 bits per heavy atom. The molecule has 0 aliphatic carbocycles. The lowest BCUT2D eigenvalue weighted by Gasteiger charge is -2.20. The molecule has 1 aromatic rings. The lowest BCUT2D eigenvalue weighted by molar-refractivity contribution is -0.137. The highest BCUT2D eigenvalue weighted by Crippen LogP contribution is 2.29. The molecular formula is C22H36F3N5. The van der Waals surface area contributed by atoms with Crippen LogP contribution in [0.1, 0.15) is 44.2 Å². The highest BCUT2D eigenvalue weighted by Gasteiger charge is 2.30. The number of unbranched alkanes of at least 4 members (excludes halogenated alkanes) is 1. The summed E-state index contributed by atoms with van der Waals surface area (Å²) in [6.07, 6.45) is -1.03. The molecule has 170 valence electrons. The summed E-state index contributed by atoms with van der Waals surface area (Å²) >= 11 is 0. The number of aliphatic imine (C=N–C) groups is 1. The van der Waals surface area contributed by atoms with Gasteiger partial charge in [0.1, 0.15) is 0 Å². The van der Waals surface area contributed by atoms with Gasteiger partial charge in [0.25, 0.3) is 0 Å². The maximum absolute atomic E-state index is 12.7. The summed E-state index contributed by atoms with van der Waals surface area (Å²) in [5, 5.41) is 6.86. The Morgan fingerprint density at radius 3 is 2.47 bits per heavy atom. The van der Waals surface area contributed by atoms with E-state index in [0.29, 0.717) is 12.6 Å². The highest BCUT2D eigenvalue weighted by molar-refractivity contribution is 5.79. The quantitative estimate of drug-likeness (QED) is 0.340. The lowest BCUT2D eigenvalue weighted by Crippen LogP contribution is -2.44. The molecule has 2 N–H and O–H groups in total. The predicted octanol–water partition coefficient (Wildman–Crippen LogP) is 3.57. The number of guanidine groups is 1.